The molecule has 0 atom stereocenters. The number of aromatic nitrogens is 3. The third-order valence-corrected chi connectivity index (χ3v) is 3.29. The van der Waals surface area contributed by atoms with Crippen LogP contribution in [0.5, 0.6) is 0 Å². The number of hydrogen-bond donors (Lipinski definition) is 2. The third kappa shape index (κ3) is 4.05. The van der Waals surface area contributed by atoms with Crippen LogP contribution in [-0.4, -0.2) is 15.0 Å². The normalized spacial score (nSPS) is 10.0. The van der Waals surface area contributed by atoms with Crippen molar-refractivity contribution >= 4 is 17.5 Å². The fourth-order valence-corrected chi connectivity index (χ4v) is 2.16. The van der Waals surface area contributed by atoms with Crippen molar-refractivity contribution in [3.63, 3.8) is 0 Å². The molecule has 0 aliphatic rings. The molecule has 0 aliphatic carbocycles. The Hall–Kier alpha value is -3.46. The molecular formula is C18H16N6. The fourth-order valence-electron chi connectivity index (χ4n) is 2.16. The summed E-state index contributed by atoms with van der Waals surface area (Å²) in [5.74, 6) is 1.23. The molecule has 118 valence electrons. The second kappa shape index (κ2) is 7.20. The van der Waals surface area contributed by atoms with E-state index in [4.69, 9.17) is 5.26 Å². The molecule has 0 saturated heterocycles. The van der Waals surface area contributed by atoms with Crippen LogP contribution in [0.15, 0.2) is 54.7 Å². The first-order valence-corrected chi connectivity index (χ1v) is 7.49. The average molecular weight is 316 g/mol. The number of rotatable bonds is 5. The van der Waals surface area contributed by atoms with Crippen LogP contribution in [0.3, 0.4) is 0 Å². The SMILES string of the molecule is Cc1cc(Nc2ccc(C#N)cc2)nc(NCc2ccccn2)n1. The van der Waals surface area contributed by atoms with Crippen molar-refractivity contribution in [2.24, 2.45) is 0 Å². The molecule has 6 nitrogen and oxygen atoms in total. The third-order valence-electron chi connectivity index (χ3n) is 3.29. The van der Waals surface area contributed by atoms with E-state index in [1.807, 2.05) is 43.3 Å². The van der Waals surface area contributed by atoms with E-state index in [0.717, 1.165) is 17.1 Å². The molecule has 1 aromatic carbocycles. The van der Waals surface area contributed by atoms with Gasteiger partial charge in [0, 0.05) is 23.6 Å². The first kappa shape index (κ1) is 15.4. The molecule has 2 N–H and O–H groups in total. The van der Waals surface area contributed by atoms with Crippen molar-refractivity contribution in [2.75, 3.05) is 10.6 Å². The van der Waals surface area contributed by atoms with E-state index in [-0.39, 0.29) is 0 Å². The number of nitrogens with zero attached hydrogens (tertiary/aromatic N) is 4. The molecule has 0 fully saturated rings. The first-order valence-electron chi connectivity index (χ1n) is 7.49. The van der Waals surface area contributed by atoms with Crippen LogP contribution >= 0.6 is 0 Å². The maximum atomic E-state index is 8.84. The highest BCUT2D eigenvalue weighted by Gasteiger charge is 2.03. The summed E-state index contributed by atoms with van der Waals surface area (Å²) in [7, 11) is 0. The molecule has 3 aromatic rings. The van der Waals surface area contributed by atoms with Gasteiger partial charge in [0.05, 0.1) is 23.9 Å². The lowest BCUT2D eigenvalue weighted by atomic mass is 10.2. The lowest BCUT2D eigenvalue weighted by Crippen LogP contribution is -2.07. The van der Waals surface area contributed by atoms with Gasteiger partial charge >= 0.3 is 0 Å². The predicted octanol–water partition coefficient (Wildman–Crippen LogP) is 3.41. The monoisotopic (exact) mass is 316 g/mol. The van der Waals surface area contributed by atoms with Gasteiger partial charge < -0.3 is 10.6 Å². The van der Waals surface area contributed by atoms with Gasteiger partial charge in [-0.15, -0.1) is 0 Å². The van der Waals surface area contributed by atoms with Gasteiger partial charge in [-0.1, -0.05) is 6.07 Å². The smallest absolute Gasteiger partial charge is 0.225 e. The number of aryl methyl sites for hydroxylation is 1. The number of pyridine rings is 1. The second-order valence-corrected chi connectivity index (χ2v) is 5.21. The molecule has 0 unspecified atom stereocenters. The standard InChI is InChI=1S/C18H16N6/c1-13-10-17(23-15-7-5-14(11-19)6-8-15)24-18(22-13)21-12-16-4-2-3-9-20-16/h2-10H,12H2,1H3,(H2,21,22,23,24). The molecule has 0 radical (unpaired) electrons. The highest BCUT2D eigenvalue weighted by atomic mass is 15.1. The summed E-state index contributed by atoms with van der Waals surface area (Å²) >= 11 is 0. The van der Waals surface area contributed by atoms with E-state index in [2.05, 4.69) is 31.7 Å². The van der Waals surface area contributed by atoms with E-state index >= 15 is 0 Å². The maximum absolute atomic E-state index is 8.84. The van der Waals surface area contributed by atoms with Gasteiger partial charge in [-0.05, 0) is 43.3 Å². The van der Waals surface area contributed by atoms with E-state index in [1.54, 1.807) is 18.3 Å². The summed E-state index contributed by atoms with van der Waals surface area (Å²) in [6.07, 6.45) is 1.76. The topological polar surface area (TPSA) is 86.5 Å². The van der Waals surface area contributed by atoms with Gasteiger partial charge in [0.2, 0.25) is 5.95 Å². The Kier molecular flexibility index (Phi) is 4.63. The van der Waals surface area contributed by atoms with Gasteiger partial charge in [-0.25, -0.2) is 4.98 Å². The molecule has 0 spiro atoms. The molecule has 0 bridgehead atoms. The van der Waals surface area contributed by atoms with Crippen LogP contribution in [0.4, 0.5) is 17.5 Å². The number of anilines is 3. The lowest BCUT2D eigenvalue weighted by molar-refractivity contribution is 0.991. The highest BCUT2D eigenvalue weighted by Crippen LogP contribution is 2.17. The molecule has 2 aromatic heterocycles. The number of nitrogens with one attached hydrogen (secondary N) is 2. The number of nitriles is 1. The highest BCUT2D eigenvalue weighted by molar-refractivity contribution is 5.58. The van der Waals surface area contributed by atoms with Crippen LogP contribution in [0, 0.1) is 18.3 Å². The quantitative estimate of drug-likeness (QED) is 0.750. The Morgan fingerprint density at radius 3 is 2.62 bits per heavy atom. The maximum Gasteiger partial charge on any atom is 0.225 e. The zero-order valence-electron chi connectivity index (χ0n) is 13.2. The van der Waals surface area contributed by atoms with Crippen LogP contribution in [0.1, 0.15) is 17.0 Å². The van der Waals surface area contributed by atoms with E-state index in [9.17, 15) is 0 Å². The van der Waals surface area contributed by atoms with Crippen molar-refractivity contribution < 1.29 is 0 Å². The molecule has 0 saturated carbocycles. The summed E-state index contributed by atoms with van der Waals surface area (Å²) in [6, 6.07) is 16.9. The summed E-state index contributed by atoms with van der Waals surface area (Å²) in [5, 5.41) is 15.2. The summed E-state index contributed by atoms with van der Waals surface area (Å²) in [6.45, 7) is 2.47. The minimum Gasteiger partial charge on any atom is -0.349 e. The van der Waals surface area contributed by atoms with Gasteiger partial charge in [-0.2, -0.15) is 10.2 Å². The molecule has 24 heavy (non-hydrogen) atoms. The summed E-state index contributed by atoms with van der Waals surface area (Å²) in [5.41, 5.74) is 3.26. The van der Waals surface area contributed by atoms with Crippen molar-refractivity contribution in [3.8, 4) is 6.07 Å². The Morgan fingerprint density at radius 2 is 1.92 bits per heavy atom. The first-order chi connectivity index (χ1) is 11.7. The molecule has 2 heterocycles. The van der Waals surface area contributed by atoms with Gasteiger partial charge in [0.25, 0.3) is 0 Å². The minimum atomic E-state index is 0.539. The Bertz CT molecular complexity index is 853. The van der Waals surface area contributed by atoms with Crippen LogP contribution in [0.25, 0.3) is 0 Å². The Balaban J connectivity index is 1.72. The van der Waals surface area contributed by atoms with E-state index in [0.29, 0.717) is 23.9 Å². The molecule has 3 rings (SSSR count). The zero-order valence-corrected chi connectivity index (χ0v) is 13.2. The largest absolute Gasteiger partial charge is 0.349 e. The molecule has 0 aliphatic heterocycles. The number of hydrogen-bond acceptors (Lipinski definition) is 6. The fraction of sp³-hybridized carbons (Fsp3) is 0.111. The van der Waals surface area contributed by atoms with Gasteiger partial charge in [0.1, 0.15) is 5.82 Å². The summed E-state index contributed by atoms with van der Waals surface area (Å²) in [4.78, 5) is 13.1. The van der Waals surface area contributed by atoms with Gasteiger partial charge in [0.15, 0.2) is 0 Å². The summed E-state index contributed by atoms with van der Waals surface area (Å²) < 4.78 is 0. The van der Waals surface area contributed by atoms with Crippen LogP contribution < -0.4 is 10.6 Å². The van der Waals surface area contributed by atoms with Crippen molar-refractivity contribution in [1.82, 2.24) is 15.0 Å². The van der Waals surface area contributed by atoms with Gasteiger partial charge in [-0.3, -0.25) is 4.98 Å². The van der Waals surface area contributed by atoms with E-state index < -0.39 is 0 Å². The van der Waals surface area contributed by atoms with Crippen LogP contribution in [-0.2, 0) is 6.54 Å². The predicted molar refractivity (Wildman–Crippen MR) is 92.8 cm³/mol. The Morgan fingerprint density at radius 1 is 1.08 bits per heavy atom. The second-order valence-electron chi connectivity index (χ2n) is 5.21. The molecule has 6 heteroatoms. The molecular weight excluding hydrogens is 300 g/mol. The van der Waals surface area contributed by atoms with E-state index in [1.165, 1.54) is 0 Å². The Labute approximate surface area is 140 Å². The van der Waals surface area contributed by atoms with Crippen LogP contribution in [0.2, 0.25) is 0 Å². The van der Waals surface area contributed by atoms with Crippen molar-refractivity contribution in [3.05, 3.63) is 71.7 Å². The molecule has 0 amide bonds. The number of benzene rings is 1. The minimum absolute atomic E-state index is 0.539. The van der Waals surface area contributed by atoms with Crippen molar-refractivity contribution in [2.45, 2.75) is 13.5 Å². The van der Waals surface area contributed by atoms with Crippen molar-refractivity contribution in [1.29, 1.82) is 5.26 Å². The lowest BCUT2D eigenvalue weighted by Gasteiger charge is -2.10. The zero-order chi connectivity index (χ0) is 16.8. The average Bonchev–Trinajstić information content (AvgIpc) is 2.61.